The monoisotopic (exact) mass is 424 g/mol. The second-order valence-corrected chi connectivity index (χ2v) is 7.25. The Morgan fingerprint density at radius 2 is 1.65 bits per heavy atom. The smallest absolute Gasteiger partial charge is 0.251 e. The molecule has 1 heterocycles. The number of para-hydroxylation sites is 1. The molecule has 4 rings (SSSR count). The Morgan fingerprint density at radius 3 is 2.32 bits per heavy atom. The molecule has 31 heavy (non-hydrogen) atoms. The lowest BCUT2D eigenvalue weighted by Gasteiger charge is -2.16. The first-order valence-corrected chi connectivity index (χ1v) is 9.68. The molecule has 1 atom stereocenters. The number of benzene rings is 3. The largest absolute Gasteiger partial charge is 0.394 e. The summed E-state index contributed by atoms with van der Waals surface area (Å²) in [6, 6.07) is 15.1. The van der Waals surface area contributed by atoms with Crippen molar-refractivity contribution in [3.63, 3.8) is 0 Å². The maximum absolute atomic E-state index is 13.5. The maximum atomic E-state index is 13.5. The number of hydrogen-bond donors (Lipinski definition) is 3. The van der Waals surface area contributed by atoms with Crippen molar-refractivity contribution < 1.29 is 23.1 Å². The van der Waals surface area contributed by atoms with Gasteiger partial charge in [0.05, 0.1) is 12.6 Å². The molecule has 0 aliphatic rings. The molecular formula is C24H19F3N2O2. The Balaban J connectivity index is 1.47. The predicted molar refractivity (Wildman–Crippen MR) is 112 cm³/mol. The minimum atomic E-state index is -1.52. The van der Waals surface area contributed by atoms with Gasteiger partial charge in [0.2, 0.25) is 0 Å². The van der Waals surface area contributed by atoms with Crippen molar-refractivity contribution in [2.45, 2.75) is 12.5 Å². The van der Waals surface area contributed by atoms with E-state index in [2.05, 4.69) is 10.3 Å². The fraction of sp³-hybridized carbons (Fsp3) is 0.125. The molecule has 3 aromatic carbocycles. The number of aromatic nitrogens is 1. The molecule has 7 heteroatoms. The predicted octanol–water partition coefficient (Wildman–Crippen LogP) is 4.59. The fourth-order valence-electron chi connectivity index (χ4n) is 3.53. The summed E-state index contributed by atoms with van der Waals surface area (Å²) >= 11 is 0. The average molecular weight is 424 g/mol. The second-order valence-electron chi connectivity index (χ2n) is 7.25. The van der Waals surface area contributed by atoms with Crippen molar-refractivity contribution in [2.24, 2.45) is 0 Å². The third kappa shape index (κ3) is 4.32. The molecule has 0 aliphatic carbocycles. The topological polar surface area (TPSA) is 65.1 Å². The van der Waals surface area contributed by atoms with Crippen molar-refractivity contribution in [2.75, 3.05) is 6.61 Å². The van der Waals surface area contributed by atoms with Gasteiger partial charge >= 0.3 is 0 Å². The summed E-state index contributed by atoms with van der Waals surface area (Å²) in [7, 11) is 0. The number of halogens is 3. The van der Waals surface area contributed by atoms with E-state index in [0.29, 0.717) is 17.5 Å². The molecule has 158 valence electrons. The average Bonchev–Trinajstić information content (AvgIpc) is 3.19. The van der Waals surface area contributed by atoms with Crippen LogP contribution >= 0.6 is 0 Å². The van der Waals surface area contributed by atoms with Crippen LogP contribution in [0.5, 0.6) is 0 Å². The van der Waals surface area contributed by atoms with Crippen LogP contribution in [0.1, 0.15) is 15.9 Å². The fourth-order valence-corrected chi connectivity index (χ4v) is 3.53. The number of carbonyl (C=O) groups excluding carboxylic acids is 1. The number of H-pyrrole nitrogens is 1. The number of aromatic amines is 1. The van der Waals surface area contributed by atoms with Crippen LogP contribution in [0.25, 0.3) is 22.0 Å². The van der Waals surface area contributed by atoms with E-state index in [1.54, 1.807) is 0 Å². The van der Waals surface area contributed by atoms with E-state index in [-0.39, 0.29) is 18.1 Å². The summed E-state index contributed by atoms with van der Waals surface area (Å²) in [6.45, 7) is -0.239. The highest BCUT2D eigenvalue weighted by molar-refractivity contribution is 5.95. The van der Waals surface area contributed by atoms with E-state index in [1.807, 2.05) is 30.5 Å². The van der Waals surface area contributed by atoms with Crippen LogP contribution in [-0.2, 0) is 6.42 Å². The van der Waals surface area contributed by atoms with Gasteiger partial charge in [0.25, 0.3) is 5.91 Å². The molecule has 0 unspecified atom stereocenters. The first kappa shape index (κ1) is 20.7. The highest BCUT2D eigenvalue weighted by Gasteiger charge is 2.16. The highest BCUT2D eigenvalue weighted by Crippen LogP contribution is 2.24. The van der Waals surface area contributed by atoms with Crippen LogP contribution in [0.3, 0.4) is 0 Å². The third-order valence-corrected chi connectivity index (χ3v) is 5.16. The zero-order valence-electron chi connectivity index (χ0n) is 16.3. The van der Waals surface area contributed by atoms with Crippen molar-refractivity contribution in [1.82, 2.24) is 10.3 Å². The van der Waals surface area contributed by atoms with Crippen molar-refractivity contribution >= 4 is 16.8 Å². The van der Waals surface area contributed by atoms with E-state index in [9.17, 15) is 23.1 Å². The van der Waals surface area contributed by atoms with Crippen LogP contribution in [0.2, 0.25) is 0 Å². The van der Waals surface area contributed by atoms with E-state index >= 15 is 0 Å². The van der Waals surface area contributed by atoms with E-state index in [1.165, 1.54) is 24.3 Å². The number of fused-ring (bicyclic) bond motifs is 1. The molecule has 4 nitrogen and oxygen atoms in total. The van der Waals surface area contributed by atoms with Crippen LogP contribution < -0.4 is 5.32 Å². The van der Waals surface area contributed by atoms with Gasteiger partial charge in [-0.3, -0.25) is 4.79 Å². The van der Waals surface area contributed by atoms with Gasteiger partial charge < -0.3 is 15.4 Å². The maximum Gasteiger partial charge on any atom is 0.251 e. The second kappa shape index (κ2) is 8.65. The van der Waals surface area contributed by atoms with Gasteiger partial charge in [-0.2, -0.15) is 0 Å². The summed E-state index contributed by atoms with van der Waals surface area (Å²) in [5.74, 6) is -4.47. The molecule has 0 fully saturated rings. The van der Waals surface area contributed by atoms with Gasteiger partial charge in [0.15, 0.2) is 17.5 Å². The first-order chi connectivity index (χ1) is 15.0. The molecule has 0 radical (unpaired) electrons. The molecule has 0 aliphatic heterocycles. The summed E-state index contributed by atoms with van der Waals surface area (Å²) in [4.78, 5) is 15.8. The molecule has 4 aromatic rings. The number of carbonyl (C=O) groups is 1. The number of rotatable bonds is 6. The molecule has 1 aromatic heterocycles. The van der Waals surface area contributed by atoms with Crippen LogP contribution in [0, 0.1) is 17.5 Å². The van der Waals surface area contributed by atoms with Gasteiger partial charge in [-0.1, -0.05) is 30.3 Å². The van der Waals surface area contributed by atoms with Gasteiger partial charge in [-0.05, 0) is 53.4 Å². The molecule has 3 N–H and O–H groups in total. The Labute approximate surface area is 176 Å². The lowest BCUT2D eigenvalue weighted by atomic mass is 10.0. The molecule has 0 spiro atoms. The normalized spacial score (nSPS) is 12.1. The molecule has 0 saturated heterocycles. The summed E-state index contributed by atoms with van der Waals surface area (Å²) in [6.07, 6.45) is 2.30. The minimum Gasteiger partial charge on any atom is -0.394 e. The molecule has 0 bridgehead atoms. The van der Waals surface area contributed by atoms with Gasteiger partial charge in [-0.25, -0.2) is 13.2 Å². The Hall–Kier alpha value is -3.58. The first-order valence-electron chi connectivity index (χ1n) is 9.68. The van der Waals surface area contributed by atoms with Gasteiger partial charge in [-0.15, -0.1) is 0 Å². The Morgan fingerprint density at radius 1 is 0.968 bits per heavy atom. The van der Waals surface area contributed by atoms with Crippen molar-refractivity contribution in [3.05, 3.63) is 95.4 Å². The van der Waals surface area contributed by atoms with Crippen LogP contribution in [0.15, 0.2) is 66.9 Å². The zero-order valence-corrected chi connectivity index (χ0v) is 16.3. The van der Waals surface area contributed by atoms with Crippen LogP contribution in [-0.4, -0.2) is 28.6 Å². The lowest BCUT2D eigenvalue weighted by molar-refractivity contribution is 0.0916. The Bertz CT molecular complexity index is 1210. The number of aliphatic hydroxyl groups is 1. The molecule has 0 saturated carbocycles. The standard InChI is InChI=1S/C24H19F3N2O2/c25-20-10-16(11-21(26)23(20)27)14-5-7-15(8-6-14)24(31)29-18(13-30)9-17-12-28-22-4-2-1-3-19(17)22/h1-8,10-12,18,28,30H,9,13H2,(H,29,31)/t18-/m1/s1. The van der Waals surface area contributed by atoms with E-state index in [4.69, 9.17) is 0 Å². The molecular weight excluding hydrogens is 405 g/mol. The SMILES string of the molecule is O=C(N[C@@H](CO)Cc1c[nH]c2ccccc12)c1ccc(-c2cc(F)c(F)c(F)c2)cc1. The minimum absolute atomic E-state index is 0.163. The zero-order chi connectivity index (χ0) is 22.0. The highest BCUT2D eigenvalue weighted by atomic mass is 19.2. The number of amides is 1. The van der Waals surface area contributed by atoms with Gasteiger partial charge in [0, 0.05) is 22.7 Å². The number of hydrogen-bond acceptors (Lipinski definition) is 2. The summed E-state index contributed by atoms with van der Waals surface area (Å²) in [5, 5.41) is 13.6. The lowest BCUT2D eigenvalue weighted by Crippen LogP contribution is -2.39. The number of nitrogens with one attached hydrogen (secondary N) is 2. The molecule has 1 amide bonds. The quantitative estimate of drug-likeness (QED) is 0.397. The van der Waals surface area contributed by atoms with Crippen molar-refractivity contribution in [3.8, 4) is 11.1 Å². The Kier molecular flexibility index (Phi) is 5.77. The van der Waals surface area contributed by atoms with E-state index in [0.717, 1.165) is 28.6 Å². The van der Waals surface area contributed by atoms with Gasteiger partial charge in [0.1, 0.15) is 0 Å². The number of aliphatic hydroxyl groups excluding tert-OH is 1. The van der Waals surface area contributed by atoms with Crippen molar-refractivity contribution in [1.29, 1.82) is 0 Å². The summed E-state index contributed by atoms with van der Waals surface area (Å²) < 4.78 is 40.1. The summed E-state index contributed by atoms with van der Waals surface area (Å²) in [5.41, 5.74) is 2.88. The third-order valence-electron chi connectivity index (χ3n) is 5.16. The van der Waals surface area contributed by atoms with E-state index < -0.39 is 23.5 Å². The van der Waals surface area contributed by atoms with Crippen LogP contribution in [0.4, 0.5) is 13.2 Å².